The number of aromatic nitrogens is 2. The van der Waals surface area contributed by atoms with Crippen LogP contribution in [0.25, 0.3) is 10.6 Å². The van der Waals surface area contributed by atoms with Gasteiger partial charge in [-0.25, -0.2) is 14.8 Å². The van der Waals surface area contributed by atoms with Crippen LogP contribution in [0, 0.1) is 11.3 Å². The first-order valence-electron chi connectivity index (χ1n) is 7.60. The van der Waals surface area contributed by atoms with Crippen molar-refractivity contribution in [1.82, 2.24) is 9.97 Å². The Balaban J connectivity index is 2.13. The van der Waals surface area contributed by atoms with Crippen molar-refractivity contribution in [2.75, 3.05) is 12.4 Å². The number of hydrogen-bond donors (Lipinski definition) is 3. The summed E-state index contributed by atoms with van der Waals surface area (Å²) in [4.78, 5) is 21.0. The first-order chi connectivity index (χ1) is 12.5. The highest BCUT2D eigenvalue weighted by molar-refractivity contribution is 7.80. The molecule has 0 spiro atoms. The fourth-order valence-electron chi connectivity index (χ4n) is 2.47. The number of rotatable bonds is 5. The number of hydrogen-bond acceptors (Lipinski definition) is 7. The summed E-state index contributed by atoms with van der Waals surface area (Å²) in [5.74, 6) is -0.208. The Hall–Kier alpha value is -2.89. The van der Waals surface area contributed by atoms with Gasteiger partial charge in [0.1, 0.15) is 29.0 Å². The lowest BCUT2D eigenvalue weighted by Crippen LogP contribution is -2.08. The first-order valence-corrected chi connectivity index (χ1v) is 8.99. The molecule has 3 aromatic rings. The Labute approximate surface area is 159 Å². The van der Waals surface area contributed by atoms with Gasteiger partial charge in [0, 0.05) is 7.05 Å². The van der Waals surface area contributed by atoms with E-state index in [9.17, 15) is 15.2 Å². The highest BCUT2D eigenvalue weighted by Gasteiger charge is 2.21. The number of carboxylic acids is 1. The van der Waals surface area contributed by atoms with Crippen molar-refractivity contribution in [3.8, 4) is 16.6 Å². The average molecular weight is 382 g/mol. The third kappa shape index (κ3) is 3.40. The van der Waals surface area contributed by atoms with Gasteiger partial charge in [0.25, 0.3) is 0 Å². The van der Waals surface area contributed by atoms with E-state index >= 15 is 0 Å². The lowest BCUT2D eigenvalue weighted by molar-refractivity contribution is 0.0696. The topological polar surface area (TPSA) is 98.9 Å². The van der Waals surface area contributed by atoms with Gasteiger partial charge in [-0.15, -0.1) is 11.3 Å². The van der Waals surface area contributed by atoms with Crippen LogP contribution in [0.2, 0.25) is 0 Å². The molecule has 0 bridgehead atoms. The van der Waals surface area contributed by atoms with Crippen molar-refractivity contribution in [3.63, 3.8) is 0 Å². The van der Waals surface area contributed by atoms with Crippen molar-refractivity contribution in [2.24, 2.45) is 0 Å². The summed E-state index contributed by atoms with van der Waals surface area (Å²) in [6.07, 6.45) is 0. The van der Waals surface area contributed by atoms with Crippen LogP contribution >= 0.6 is 24.0 Å². The minimum Gasteiger partial charge on any atom is -0.478 e. The maximum absolute atomic E-state index is 11.2. The van der Waals surface area contributed by atoms with E-state index < -0.39 is 11.2 Å². The zero-order valence-corrected chi connectivity index (χ0v) is 15.4. The molecule has 2 aromatic heterocycles. The van der Waals surface area contributed by atoms with E-state index in [0.717, 1.165) is 4.88 Å². The normalized spacial score (nSPS) is 11.6. The van der Waals surface area contributed by atoms with Gasteiger partial charge in [-0.3, -0.25) is 0 Å². The standard InChI is InChI=1S/C18H14N4O2S2/c1-20-16-12(9-19)14(13-6-3-7-26-13)21-17(22-16)15(25)10-4-2-5-11(8-10)18(23)24/h2-8,15,25H,1H3,(H,23,24)(H,20,21,22). The zero-order chi connectivity index (χ0) is 18.7. The molecule has 2 heterocycles. The molecule has 130 valence electrons. The maximum atomic E-state index is 11.2. The zero-order valence-electron chi connectivity index (χ0n) is 13.7. The molecule has 0 saturated heterocycles. The van der Waals surface area contributed by atoms with Crippen molar-refractivity contribution in [1.29, 1.82) is 5.26 Å². The van der Waals surface area contributed by atoms with Crippen LogP contribution < -0.4 is 5.32 Å². The van der Waals surface area contributed by atoms with E-state index in [-0.39, 0.29) is 5.56 Å². The molecule has 0 radical (unpaired) electrons. The number of carbonyl (C=O) groups is 1. The van der Waals surface area contributed by atoms with Gasteiger partial charge in [-0.2, -0.15) is 17.9 Å². The Bertz CT molecular complexity index is 997. The number of aromatic carboxylic acids is 1. The lowest BCUT2D eigenvalue weighted by Gasteiger charge is -2.15. The fraction of sp³-hybridized carbons (Fsp3) is 0.111. The third-order valence-corrected chi connectivity index (χ3v) is 5.13. The van der Waals surface area contributed by atoms with Crippen molar-refractivity contribution >= 4 is 35.8 Å². The number of nitriles is 1. The molecule has 6 nitrogen and oxygen atoms in total. The summed E-state index contributed by atoms with van der Waals surface area (Å²) in [5, 5.41) is 23.0. The van der Waals surface area contributed by atoms with Crippen molar-refractivity contribution in [3.05, 3.63) is 64.3 Å². The van der Waals surface area contributed by atoms with Crippen LogP contribution in [0.15, 0.2) is 41.8 Å². The van der Waals surface area contributed by atoms with Crippen LogP contribution in [0.5, 0.6) is 0 Å². The number of nitrogens with zero attached hydrogens (tertiary/aromatic N) is 3. The fourth-order valence-corrected chi connectivity index (χ4v) is 3.47. The maximum Gasteiger partial charge on any atom is 0.335 e. The number of anilines is 1. The summed E-state index contributed by atoms with van der Waals surface area (Å²) in [6.45, 7) is 0. The van der Waals surface area contributed by atoms with Crippen LogP contribution in [-0.2, 0) is 0 Å². The molecule has 0 aliphatic rings. The van der Waals surface area contributed by atoms with Gasteiger partial charge in [-0.1, -0.05) is 18.2 Å². The molecule has 0 amide bonds. The molecule has 0 saturated carbocycles. The van der Waals surface area contributed by atoms with Gasteiger partial charge in [-0.05, 0) is 29.1 Å². The molecular formula is C18H14N4O2S2. The smallest absolute Gasteiger partial charge is 0.335 e. The average Bonchev–Trinajstić information content (AvgIpc) is 3.20. The molecule has 3 rings (SSSR count). The molecule has 0 fully saturated rings. The highest BCUT2D eigenvalue weighted by Crippen LogP contribution is 2.33. The quantitative estimate of drug-likeness (QED) is 0.580. The SMILES string of the molecule is CNc1nc(C(S)c2cccc(C(=O)O)c2)nc(-c2cccs2)c1C#N. The van der Waals surface area contributed by atoms with Gasteiger partial charge >= 0.3 is 5.97 Å². The van der Waals surface area contributed by atoms with Gasteiger partial charge in [0.2, 0.25) is 0 Å². The van der Waals surface area contributed by atoms with Crippen molar-refractivity contribution in [2.45, 2.75) is 5.25 Å². The largest absolute Gasteiger partial charge is 0.478 e. The molecule has 26 heavy (non-hydrogen) atoms. The van der Waals surface area contributed by atoms with E-state index in [2.05, 4.69) is 34.0 Å². The summed E-state index contributed by atoms with van der Waals surface area (Å²) in [6, 6.07) is 12.4. The monoisotopic (exact) mass is 382 g/mol. The van der Waals surface area contributed by atoms with E-state index in [4.69, 9.17) is 0 Å². The van der Waals surface area contributed by atoms with Crippen LogP contribution in [0.1, 0.15) is 32.6 Å². The molecule has 2 N–H and O–H groups in total. The second-order valence-electron chi connectivity index (χ2n) is 5.33. The molecule has 1 unspecified atom stereocenters. The number of benzene rings is 1. The first kappa shape index (κ1) is 17.9. The number of carboxylic acid groups (broad SMARTS) is 1. The Morgan fingerprint density at radius 3 is 2.77 bits per heavy atom. The van der Waals surface area contributed by atoms with E-state index in [1.807, 2.05) is 17.5 Å². The van der Waals surface area contributed by atoms with Gasteiger partial charge in [0.05, 0.1) is 15.7 Å². The second-order valence-corrected chi connectivity index (χ2v) is 6.79. The minimum atomic E-state index is -1.01. The Morgan fingerprint density at radius 1 is 1.35 bits per heavy atom. The van der Waals surface area contributed by atoms with Crippen LogP contribution in [-0.4, -0.2) is 28.1 Å². The van der Waals surface area contributed by atoms with Crippen molar-refractivity contribution < 1.29 is 9.90 Å². The van der Waals surface area contributed by atoms with Crippen LogP contribution in [0.4, 0.5) is 5.82 Å². The van der Waals surface area contributed by atoms with Crippen LogP contribution in [0.3, 0.4) is 0 Å². The predicted octanol–water partition coefficient (Wildman–Crippen LogP) is 3.84. The van der Waals surface area contributed by atoms with Gasteiger partial charge < -0.3 is 10.4 Å². The number of thiol groups is 1. The molecule has 1 atom stereocenters. The highest BCUT2D eigenvalue weighted by atomic mass is 32.1. The van der Waals surface area contributed by atoms with Gasteiger partial charge in [0.15, 0.2) is 0 Å². The Morgan fingerprint density at radius 2 is 2.15 bits per heavy atom. The molecule has 8 heteroatoms. The summed E-state index contributed by atoms with van der Waals surface area (Å²) < 4.78 is 0. The summed E-state index contributed by atoms with van der Waals surface area (Å²) in [5.41, 5.74) is 1.73. The molecule has 0 aliphatic carbocycles. The summed E-state index contributed by atoms with van der Waals surface area (Å²) in [7, 11) is 1.68. The molecular weight excluding hydrogens is 368 g/mol. The van der Waals surface area contributed by atoms with E-state index in [1.54, 1.807) is 25.2 Å². The number of nitrogens with one attached hydrogen (secondary N) is 1. The summed E-state index contributed by atoms with van der Waals surface area (Å²) >= 11 is 6.07. The molecule has 0 aliphatic heterocycles. The molecule has 1 aromatic carbocycles. The second kappa shape index (κ2) is 7.56. The van der Waals surface area contributed by atoms with E-state index in [0.29, 0.717) is 28.5 Å². The van der Waals surface area contributed by atoms with E-state index in [1.165, 1.54) is 17.4 Å². The minimum absolute atomic E-state index is 0.169. The number of thiophene rings is 1. The lowest BCUT2D eigenvalue weighted by atomic mass is 10.1. The Kier molecular flexibility index (Phi) is 5.21. The predicted molar refractivity (Wildman–Crippen MR) is 104 cm³/mol. The third-order valence-electron chi connectivity index (χ3n) is 3.72.